The lowest BCUT2D eigenvalue weighted by Crippen LogP contribution is -2.36. The summed E-state index contributed by atoms with van der Waals surface area (Å²) in [5.74, 6) is 0.0676. The lowest BCUT2D eigenvalue weighted by molar-refractivity contribution is 0.221. The van der Waals surface area contributed by atoms with Gasteiger partial charge >= 0.3 is 0 Å². The fourth-order valence-corrected chi connectivity index (χ4v) is 3.56. The van der Waals surface area contributed by atoms with E-state index < -0.39 is 11.6 Å². The third-order valence-electron chi connectivity index (χ3n) is 4.98. The molecule has 1 heterocycles. The number of anilines is 2. The van der Waals surface area contributed by atoms with Crippen LogP contribution in [0.4, 0.5) is 20.2 Å². The Hall–Kier alpha value is -2.01. The average Bonchev–Trinajstić information content (AvgIpc) is 2.59. The highest BCUT2D eigenvalue weighted by Gasteiger charge is 2.24. The van der Waals surface area contributed by atoms with Crippen molar-refractivity contribution in [2.24, 2.45) is 5.92 Å². The minimum absolute atomic E-state index is 0.0799. The van der Waals surface area contributed by atoms with Gasteiger partial charge in [0.15, 0.2) is 0 Å². The highest BCUT2D eigenvalue weighted by molar-refractivity contribution is 6.33. The van der Waals surface area contributed by atoms with Crippen molar-refractivity contribution in [1.29, 1.82) is 0 Å². The van der Waals surface area contributed by atoms with Crippen LogP contribution in [0.5, 0.6) is 5.75 Å². The van der Waals surface area contributed by atoms with Gasteiger partial charge in [-0.1, -0.05) is 11.6 Å². The van der Waals surface area contributed by atoms with Gasteiger partial charge in [0.2, 0.25) is 0 Å². The minimum atomic E-state index is -0.496. The Balaban J connectivity index is 1.59. The number of hydrogen-bond acceptors (Lipinski definition) is 3. The molecule has 0 unspecified atom stereocenters. The van der Waals surface area contributed by atoms with Gasteiger partial charge in [0.1, 0.15) is 23.1 Å². The van der Waals surface area contributed by atoms with E-state index in [2.05, 4.69) is 0 Å². The maximum atomic E-state index is 14.1. The van der Waals surface area contributed by atoms with Gasteiger partial charge in [-0.2, -0.15) is 0 Å². The number of benzene rings is 2. The standard InChI is InChI=1S/C20H23ClF2N2O/c1-12-9-16(22)20(17(23)10-12)25-7-5-14(6-8-25)11-26-18-4-3-15(21)19(24)13(18)2/h3-4,9-10,14H,5-8,11,24H2,1-2H3. The Kier molecular flexibility index (Phi) is 5.56. The van der Waals surface area contributed by atoms with Crippen LogP contribution in [-0.4, -0.2) is 19.7 Å². The van der Waals surface area contributed by atoms with Crippen molar-refractivity contribution in [2.75, 3.05) is 30.3 Å². The number of piperidine rings is 1. The lowest BCUT2D eigenvalue weighted by Gasteiger charge is -2.34. The summed E-state index contributed by atoms with van der Waals surface area (Å²) in [6.45, 7) is 5.32. The van der Waals surface area contributed by atoms with Crippen LogP contribution in [0.25, 0.3) is 0 Å². The summed E-state index contributed by atoms with van der Waals surface area (Å²) in [5.41, 5.74) is 7.95. The molecular formula is C20H23ClF2N2O. The monoisotopic (exact) mass is 380 g/mol. The number of nitrogen functional groups attached to an aromatic ring is 1. The van der Waals surface area contributed by atoms with E-state index >= 15 is 0 Å². The van der Waals surface area contributed by atoms with E-state index in [0.717, 1.165) is 24.2 Å². The summed E-state index contributed by atoms with van der Waals surface area (Å²) < 4.78 is 34.2. The van der Waals surface area contributed by atoms with Crippen molar-refractivity contribution in [3.05, 3.63) is 52.0 Å². The molecule has 3 rings (SSSR count). The van der Waals surface area contributed by atoms with Crippen LogP contribution < -0.4 is 15.4 Å². The zero-order valence-corrected chi connectivity index (χ0v) is 15.7. The van der Waals surface area contributed by atoms with E-state index in [1.54, 1.807) is 17.9 Å². The molecule has 0 atom stereocenters. The predicted molar refractivity (Wildman–Crippen MR) is 102 cm³/mol. The van der Waals surface area contributed by atoms with Gasteiger partial charge in [-0.25, -0.2) is 8.78 Å². The fraction of sp³-hybridized carbons (Fsp3) is 0.400. The normalized spacial score (nSPS) is 15.3. The molecule has 0 bridgehead atoms. The first-order chi connectivity index (χ1) is 12.4. The Morgan fingerprint density at radius 2 is 1.77 bits per heavy atom. The maximum absolute atomic E-state index is 14.1. The molecule has 1 fully saturated rings. The lowest BCUT2D eigenvalue weighted by atomic mass is 9.97. The number of halogens is 3. The van der Waals surface area contributed by atoms with Crippen molar-refractivity contribution >= 4 is 23.0 Å². The number of nitrogens with two attached hydrogens (primary N) is 1. The van der Waals surface area contributed by atoms with Gasteiger partial charge in [0, 0.05) is 18.7 Å². The summed E-state index contributed by atoms with van der Waals surface area (Å²) in [5, 5.41) is 0.519. The van der Waals surface area contributed by atoms with Gasteiger partial charge in [0.05, 0.1) is 17.3 Å². The van der Waals surface area contributed by atoms with Gasteiger partial charge in [-0.05, 0) is 62.4 Å². The van der Waals surface area contributed by atoms with Crippen molar-refractivity contribution in [3.63, 3.8) is 0 Å². The van der Waals surface area contributed by atoms with E-state index in [0.29, 0.717) is 41.9 Å². The molecule has 1 aliphatic rings. The highest BCUT2D eigenvalue weighted by Crippen LogP contribution is 2.32. The molecule has 0 radical (unpaired) electrons. The van der Waals surface area contributed by atoms with E-state index in [4.69, 9.17) is 22.1 Å². The van der Waals surface area contributed by atoms with Crippen LogP contribution >= 0.6 is 11.6 Å². The van der Waals surface area contributed by atoms with Crippen LogP contribution in [0.1, 0.15) is 24.0 Å². The third kappa shape index (κ3) is 3.88. The van der Waals surface area contributed by atoms with Crippen LogP contribution in [0, 0.1) is 31.4 Å². The second-order valence-electron chi connectivity index (χ2n) is 6.90. The first kappa shape index (κ1) is 18.8. The smallest absolute Gasteiger partial charge is 0.149 e. The van der Waals surface area contributed by atoms with Gasteiger partial charge < -0.3 is 15.4 Å². The number of rotatable bonds is 4. The van der Waals surface area contributed by atoms with Crippen LogP contribution in [0.15, 0.2) is 24.3 Å². The number of ether oxygens (including phenoxy) is 1. The van der Waals surface area contributed by atoms with Crippen LogP contribution in [0.2, 0.25) is 5.02 Å². The summed E-state index contributed by atoms with van der Waals surface area (Å²) in [6.07, 6.45) is 1.63. The second kappa shape index (κ2) is 7.70. The zero-order chi connectivity index (χ0) is 18.8. The molecule has 6 heteroatoms. The molecule has 0 aliphatic carbocycles. The third-order valence-corrected chi connectivity index (χ3v) is 5.31. The SMILES string of the molecule is Cc1cc(F)c(N2CCC(COc3ccc(Cl)c(N)c3C)CC2)c(F)c1. The molecular weight excluding hydrogens is 358 g/mol. The molecule has 0 amide bonds. The van der Waals surface area contributed by atoms with Crippen LogP contribution in [-0.2, 0) is 0 Å². The highest BCUT2D eigenvalue weighted by atomic mass is 35.5. The molecule has 0 spiro atoms. The fourth-order valence-electron chi connectivity index (χ4n) is 3.36. The molecule has 0 aromatic heterocycles. The average molecular weight is 381 g/mol. The van der Waals surface area contributed by atoms with E-state index in [1.165, 1.54) is 12.1 Å². The minimum Gasteiger partial charge on any atom is -0.493 e. The molecule has 26 heavy (non-hydrogen) atoms. The largest absolute Gasteiger partial charge is 0.493 e. The Labute approximate surface area is 157 Å². The second-order valence-corrected chi connectivity index (χ2v) is 7.31. The molecule has 0 saturated carbocycles. The Morgan fingerprint density at radius 3 is 2.38 bits per heavy atom. The van der Waals surface area contributed by atoms with Gasteiger partial charge in [0.25, 0.3) is 0 Å². The zero-order valence-electron chi connectivity index (χ0n) is 15.0. The van der Waals surface area contributed by atoms with Crippen LogP contribution in [0.3, 0.4) is 0 Å². The van der Waals surface area contributed by atoms with E-state index in [-0.39, 0.29) is 5.69 Å². The number of hydrogen-bond donors (Lipinski definition) is 1. The molecule has 2 aromatic rings. The summed E-state index contributed by atoms with van der Waals surface area (Å²) in [7, 11) is 0. The summed E-state index contributed by atoms with van der Waals surface area (Å²) >= 11 is 6.00. The molecule has 2 aromatic carbocycles. The van der Waals surface area contributed by atoms with E-state index in [9.17, 15) is 8.78 Å². The Morgan fingerprint density at radius 1 is 1.15 bits per heavy atom. The number of nitrogens with zero attached hydrogens (tertiary/aromatic N) is 1. The van der Waals surface area contributed by atoms with Gasteiger partial charge in [-0.3, -0.25) is 0 Å². The maximum Gasteiger partial charge on any atom is 0.149 e. The van der Waals surface area contributed by atoms with Crippen molar-refractivity contribution in [1.82, 2.24) is 0 Å². The molecule has 2 N–H and O–H groups in total. The number of aryl methyl sites for hydroxylation is 1. The quantitative estimate of drug-likeness (QED) is 0.749. The van der Waals surface area contributed by atoms with Crippen molar-refractivity contribution in [3.8, 4) is 5.75 Å². The first-order valence-corrected chi connectivity index (χ1v) is 9.12. The first-order valence-electron chi connectivity index (χ1n) is 8.74. The van der Waals surface area contributed by atoms with E-state index in [1.807, 2.05) is 13.0 Å². The molecule has 140 valence electrons. The predicted octanol–water partition coefficient (Wildman–Crippen LogP) is 5.11. The van der Waals surface area contributed by atoms with Crippen molar-refractivity contribution in [2.45, 2.75) is 26.7 Å². The Bertz CT molecular complexity index is 782. The molecule has 1 aliphatic heterocycles. The summed E-state index contributed by atoms with van der Waals surface area (Å²) in [6, 6.07) is 6.30. The summed E-state index contributed by atoms with van der Waals surface area (Å²) in [4.78, 5) is 1.78. The molecule has 1 saturated heterocycles. The molecule has 3 nitrogen and oxygen atoms in total. The van der Waals surface area contributed by atoms with Gasteiger partial charge in [-0.15, -0.1) is 0 Å². The van der Waals surface area contributed by atoms with Crippen molar-refractivity contribution < 1.29 is 13.5 Å². The topological polar surface area (TPSA) is 38.5 Å².